The van der Waals surface area contributed by atoms with Gasteiger partial charge in [-0.25, -0.2) is 0 Å². The zero-order chi connectivity index (χ0) is 15.0. The van der Waals surface area contributed by atoms with Gasteiger partial charge < -0.3 is 15.5 Å². The number of hydrogen-bond donors (Lipinski definition) is 1. The third-order valence-electron chi connectivity index (χ3n) is 4.67. The first-order valence-electron chi connectivity index (χ1n) is 7.39. The van der Waals surface area contributed by atoms with Crippen molar-refractivity contribution in [3.63, 3.8) is 0 Å². The van der Waals surface area contributed by atoms with E-state index in [0.29, 0.717) is 18.9 Å². The van der Waals surface area contributed by atoms with Crippen LogP contribution in [0, 0.1) is 11.8 Å². The Morgan fingerprint density at radius 3 is 2.95 bits per heavy atom. The molecule has 6 heteroatoms. The molecule has 3 rings (SSSR count). The first-order chi connectivity index (χ1) is 10.1. The van der Waals surface area contributed by atoms with Crippen LogP contribution in [0.3, 0.4) is 0 Å². The van der Waals surface area contributed by atoms with Crippen molar-refractivity contribution in [1.29, 1.82) is 0 Å². The molecule has 0 bridgehead atoms. The van der Waals surface area contributed by atoms with Gasteiger partial charge in [0.25, 0.3) is 0 Å². The van der Waals surface area contributed by atoms with Gasteiger partial charge in [0.15, 0.2) is 0 Å². The summed E-state index contributed by atoms with van der Waals surface area (Å²) in [6, 6.07) is 3.87. The summed E-state index contributed by atoms with van der Waals surface area (Å²) in [5, 5.41) is 1.99. The Balaban J connectivity index is 1.80. The number of carbonyl (C=O) groups excluding carboxylic acids is 2. The largest absolute Gasteiger partial charge is 0.342 e. The average Bonchev–Trinajstić information content (AvgIpc) is 3.19. The van der Waals surface area contributed by atoms with Gasteiger partial charge in [0.1, 0.15) is 0 Å². The fourth-order valence-corrected chi connectivity index (χ4v) is 4.33. The molecule has 5 nitrogen and oxygen atoms in total. The molecule has 2 aliphatic rings. The minimum atomic E-state index is -0.252. The lowest BCUT2D eigenvalue weighted by molar-refractivity contribution is -0.135. The van der Waals surface area contributed by atoms with Gasteiger partial charge in [0.05, 0.1) is 12.0 Å². The predicted octanol–water partition coefficient (Wildman–Crippen LogP) is 1.07. The Labute approximate surface area is 128 Å². The lowest BCUT2D eigenvalue weighted by atomic mass is 9.97. The van der Waals surface area contributed by atoms with E-state index >= 15 is 0 Å². The summed E-state index contributed by atoms with van der Waals surface area (Å²) in [7, 11) is 1.80. The summed E-state index contributed by atoms with van der Waals surface area (Å²) < 4.78 is 0. The van der Waals surface area contributed by atoms with Gasteiger partial charge in [0, 0.05) is 31.4 Å². The first kappa shape index (κ1) is 14.5. The van der Waals surface area contributed by atoms with Crippen molar-refractivity contribution in [1.82, 2.24) is 9.80 Å². The Hall–Kier alpha value is -1.40. The third kappa shape index (κ3) is 2.58. The number of nitrogens with zero attached hydrogens (tertiary/aromatic N) is 2. The van der Waals surface area contributed by atoms with Crippen molar-refractivity contribution in [3.8, 4) is 0 Å². The number of carbonyl (C=O) groups is 2. The zero-order valence-electron chi connectivity index (χ0n) is 12.2. The molecule has 0 saturated carbocycles. The van der Waals surface area contributed by atoms with Crippen LogP contribution in [0.4, 0.5) is 0 Å². The highest BCUT2D eigenvalue weighted by molar-refractivity contribution is 7.10. The topological polar surface area (TPSA) is 66.6 Å². The molecular weight excluding hydrogens is 286 g/mol. The molecule has 0 aromatic carbocycles. The maximum atomic E-state index is 12.8. The van der Waals surface area contributed by atoms with E-state index in [1.54, 1.807) is 23.3 Å². The van der Waals surface area contributed by atoms with Crippen LogP contribution in [0.5, 0.6) is 0 Å². The van der Waals surface area contributed by atoms with Gasteiger partial charge in [-0.3, -0.25) is 9.59 Å². The number of hydrogen-bond acceptors (Lipinski definition) is 4. The molecule has 0 spiro atoms. The highest BCUT2D eigenvalue weighted by Gasteiger charge is 2.45. The van der Waals surface area contributed by atoms with E-state index in [2.05, 4.69) is 0 Å². The van der Waals surface area contributed by atoms with Crippen LogP contribution in [-0.2, 0) is 9.59 Å². The number of nitrogens with two attached hydrogens (primary N) is 1. The van der Waals surface area contributed by atoms with E-state index in [4.69, 9.17) is 5.73 Å². The Kier molecular flexibility index (Phi) is 3.99. The molecule has 114 valence electrons. The molecule has 2 aliphatic heterocycles. The number of rotatable bonds is 3. The molecule has 2 saturated heterocycles. The van der Waals surface area contributed by atoms with E-state index in [-0.39, 0.29) is 23.8 Å². The van der Waals surface area contributed by atoms with Crippen molar-refractivity contribution < 1.29 is 9.59 Å². The molecule has 21 heavy (non-hydrogen) atoms. The fraction of sp³-hybridized carbons (Fsp3) is 0.600. The summed E-state index contributed by atoms with van der Waals surface area (Å²) in [4.78, 5) is 29.6. The smallest absolute Gasteiger partial charge is 0.228 e. The first-order valence-corrected chi connectivity index (χ1v) is 8.27. The second kappa shape index (κ2) is 5.77. The minimum Gasteiger partial charge on any atom is -0.342 e. The molecule has 1 aromatic rings. The van der Waals surface area contributed by atoms with Crippen molar-refractivity contribution in [2.24, 2.45) is 17.6 Å². The Morgan fingerprint density at radius 2 is 2.33 bits per heavy atom. The molecule has 1 aromatic heterocycles. The van der Waals surface area contributed by atoms with Crippen molar-refractivity contribution in [3.05, 3.63) is 22.4 Å². The van der Waals surface area contributed by atoms with Crippen molar-refractivity contribution >= 4 is 23.2 Å². The maximum Gasteiger partial charge on any atom is 0.228 e. The Bertz CT molecular complexity index is 531. The standard InChI is InChI=1S/C15H21N3O2S/c1-17-13(19)7-11(14(17)12-3-2-6-21-12)15(20)18-5-4-10(8-16)9-18/h2-3,6,10-11,14H,4-5,7-9,16H2,1H3/t10-,11+,14+/m1/s1. The molecule has 2 N–H and O–H groups in total. The molecule has 0 unspecified atom stereocenters. The molecule has 3 atom stereocenters. The highest BCUT2D eigenvalue weighted by atomic mass is 32.1. The lowest BCUT2D eigenvalue weighted by Gasteiger charge is -2.26. The SMILES string of the molecule is CN1C(=O)C[C@H](C(=O)N2CC[C@H](CN)C2)[C@H]1c1cccs1. The highest BCUT2D eigenvalue weighted by Crippen LogP contribution is 2.40. The molecule has 0 radical (unpaired) electrons. The molecule has 3 heterocycles. The quantitative estimate of drug-likeness (QED) is 0.908. The number of amides is 2. The summed E-state index contributed by atoms with van der Waals surface area (Å²) in [6.07, 6.45) is 1.30. The number of thiophene rings is 1. The van der Waals surface area contributed by atoms with Crippen LogP contribution in [0.15, 0.2) is 17.5 Å². The van der Waals surface area contributed by atoms with Gasteiger partial charge in [-0.1, -0.05) is 6.07 Å². The second-order valence-electron chi connectivity index (χ2n) is 5.95. The van der Waals surface area contributed by atoms with Gasteiger partial charge in [0.2, 0.25) is 11.8 Å². The molecule has 0 aliphatic carbocycles. The van der Waals surface area contributed by atoms with Crippen LogP contribution >= 0.6 is 11.3 Å². The maximum absolute atomic E-state index is 12.8. The van der Waals surface area contributed by atoms with Gasteiger partial charge in [-0.15, -0.1) is 11.3 Å². The van der Waals surface area contributed by atoms with E-state index in [9.17, 15) is 9.59 Å². The average molecular weight is 307 g/mol. The van der Waals surface area contributed by atoms with Gasteiger partial charge in [-0.2, -0.15) is 0 Å². The zero-order valence-corrected chi connectivity index (χ0v) is 13.0. The molecule has 2 amide bonds. The molecule has 2 fully saturated rings. The van der Waals surface area contributed by atoms with E-state index in [1.807, 2.05) is 22.4 Å². The minimum absolute atomic E-state index is 0.0568. The van der Waals surface area contributed by atoms with Crippen LogP contribution in [0.1, 0.15) is 23.8 Å². The second-order valence-corrected chi connectivity index (χ2v) is 6.93. The van der Waals surface area contributed by atoms with Gasteiger partial charge in [-0.05, 0) is 30.3 Å². The summed E-state index contributed by atoms with van der Waals surface area (Å²) in [5.74, 6) is 0.324. The van der Waals surface area contributed by atoms with Crippen LogP contribution in [0.2, 0.25) is 0 Å². The van der Waals surface area contributed by atoms with E-state index in [1.165, 1.54) is 0 Å². The van der Waals surface area contributed by atoms with Gasteiger partial charge >= 0.3 is 0 Å². The lowest BCUT2D eigenvalue weighted by Crippen LogP contribution is -2.37. The van der Waals surface area contributed by atoms with Crippen molar-refractivity contribution in [2.45, 2.75) is 18.9 Å². The summed E-state index contributed by atoms with van der Waals surface area (Å²) in [5.41, 5.74) is 5.70. The predicted molar refractivity (Wildman–Crippen MR) is 81.7 cm³/mol. The molecular formula is C15H21N3O2S. The van der Waals surface area contributed by atoms with Crippen LogP contribution < -0.4 is 5.73 Å². The Morgan fingerprint density at radius 1 is 1.52 bits per heavy atom. The van der Waals surface area contributed by atoms with Crippen LogP contribution in [0.25, 0.3) is 0 Å². The normalized spacial score (nSPS) is 29.4. The monoisotopic (exact) mass is 307 g/mol. The summed E-state index contributed by atoms with van der Waals surface area (Å²) >= 11 is 1.61. The number of likely N-dealkylation sites (tertiary alicyclic amines) is 2. The van der Waals surface area contributed by atoms with Crippen molar-refractivity contribution in [2.75, 3.05) is 26.7 Å². The fourth-order valence-electron chi connectivity index (χ4n) is 3.40. The van der Waals surface area contributed by atoms with E-state index in [0.717, 1.165) is 24.4 Å². The third-order valence-corrected chi connectivity index (χ3v) is 5.61. The summed E-state index contributed by atoms with van der Waals surface area (Å²) in [6.45, 7) is 2.13. The van der Waals surface area contributed by atoms with Crippen LogP contribution in [-0.4, -0.2) is 48.3 Å². The van der Waals surface area contributed by atoms with E-state index < -0.39 is 0 Å².